The topological polar surface area (TPSA) is 110 Å². The lowest BCUT2D eigenvalue weighted by Gasteiger charge is -2.25. The third-order valence-electron chi connectivity index (χ3n) is 6.50. The Morgan fingerprint density at radius 3 is 2.82 bits per heavy atom. The van der Waals surface area contributed by atoms with Gasteiger partial charge in [0.1, 0.15) is 23.3 Å². The van der Waals surface area contributed by atoms with Gasteiger partial charge in [0.05, 0.1) is 17.9 Å². The average Bonchev–Trinajstić information content (AvgIpc) is 3.31. The fourth-order valence-corrected chi connectivity index (χ4v) is 4.61. The van der Waals surface area contributed by atoms with E-state index in [1.54, 1.807) is 19.3 Å². The van der Waals surface area contributed by atoms with Gasteiger partial charge in [-0.15, -0.1) is 5.10 Å². The van der Waals surface area contributed by atoms with E-state index in [0.29, 0.717) is 35.2 Å². The molecular formula is C23H23FN8O. The minimum absolute atomic E-state index is 0.269. The predicted molar refractivity (Wildman–Crippen MR) is 119 cm³/mol. The molecule has 1 aliphatic carbocycles. The number of hydrogen-bond donors (Lipinski definition) is 1. The third-order valence-corrected chi connectivity index (χ3v) is 6.50. The number of nitrogens with zero attached hydrogens (tertiary/aromatic N) is 7. The summed E-state index contributed by atoms with van der Waals surface area (Å²) in [5.41, 5.74) is 11.6. The molecule has 2 bridgehead atoms. The maximum Gasteiger partial charge on any atom is 0.166 e. The van der Waals surface area contributed by atoms with Crippen LogP contribution in [-0.4, -0.2) is 35.0 Å². The Labute approximate surface area is 189 Å². The lowest BCUT2D eigenvalue weighted by Crippen LogP contribution is -2.13. The number of anilines is 1. The summed E-state index contributed by atoms with van der Waals surface area (Å²) in [6.07, 6.45) is 4.58. The zero-order valence-electron chi connectivity index (χ0n) is 18.4. The van der Waals surface area contributed by atoms with Crippen LogP contribution in [0.3, 0.4) is 0 Å². The number of nitrogens with two attached hydrogens (primary N) is 1. The molecule has 0 saturated heterocycles. The van der Waals surface area contributed by atoms with Crippen molar-refractivity contribution in [3.05, 3.63) is 53.2 Å². The number of aryl methyl sites for hydroxylation is 1. The quantitative estimate of drug-likeness (QED) is 0.475. The average molecular weight is 446 g/mol. The van der Waals surface area contributed by atoms with Crippen molar-refractivity contribution in [3.8, 4) is 28.3 Å². The van der Waals surface area contributed by atoms with E-state index in [-0.39, 0.29) is 11.6 Å². The largest absolute Gasteiger partial charge is 0.482 e. The number of aromatic nitrogens is 7. The van der Waals surface area contributed by atoms with Crippen LogP contribution >= 0.6 is 0 Å². The first kappa shape index (κ1) is 19.8. The van der Waals surface area contributed by atoms with Gasteiger partial charge in [-0.3, -0.25) is 0 Å². The van der Waals surface area contributed by atoms with Gasteiger partial charge in [-0.25, -0.2) is 14.1 Å². The summed E-state index contributed by atoms with van der Waals surface area (Å²) >= 11 is 0. The number of hydrogen-bond acceptors (Lipinski definition) is 7. The van der Waals surface area contributed by atoms with E-state index in [9.17, 15) is 4.39 Å². The molecule has 2 N–H and O–H groups in total. The van der Waals surface area contributed by atoms with Gasteiger partial charge in [0.25, 0.3) is 0 Å². The van der Waals surface area contributed by atoms with Crippen molar-refractivity contribution in [1.82, 2.24) is 35.0 Å². The van der Waals surface area contributed by atoms with Crippen molar-refractivity contribution < 1.29 is 9.13 Å². The molecule has 3 aromatic heterocycles. The van der Waals surface area contributed by atoms with Crippen LogP contribution in [0.15, 0.2) is 30.5 Å². The number of rotatable bonds is 1. The molecule has 1 aromatic carbocycles. The number of halogens is 1. The van der Waals surface area contributed by atoms with E-state index >= 15 is 0 Å². The zero-order valence-corrected chi connectivity index (χ0v) is 18.4. The molecule has 10 heteroatoms. The van der Waals surface area contributed by atoms with E-state index in [0.717, 1.165) is 35.4 Å². The van der Waals surface area contributed by atoms with Gasteiger partial charge < -0.3 is 10.5 Å². The molecule has 9 nitrogen and oxygen atoms in total. The van der Waals surface area contributed by atoms with E-state index in [1.807, 2.05) is 17.7 Å². The second-order valence-corrected chi connectivity index (χ2v) is 8.69. The normalized spacial score (nSPS) is 17.6. The van der Waals surface area contributed by atoms with Gasteiger partial charge in [0.15, 0.2) is 11.6 Å². The van der Waals surface area contributed by atoms with Crippen LogP contribution in [0, 0.1) is 5.82 Å². The standard InChI is InChI=1S/C23H23FN8O/c1-12-17-9-15(24)6-7-16(17)21-18(28-31(2)29-21)11-32-22(20(27-30-32)13-4-3-5-13)14-8-19(33-12)23(25)26-10-14/h6-10,12-13H,3-5,11H2,1-2H3,(H2,25,26)/t12-/m1/s1. The summed E-state index contributed by atoms with van der Waals surface area (Å²) in [4.78, 5) is 5.91. The summed E-state index contributed by atoms with van der Waals surface area (Å²) in [6, 6.07) is 6.47. The van der Waals surface area contributed by atoms with Crippen LogP contribution in [0.5, 0.6) is 5.75 Å². The van der Waals surface area contributed by atoms with Crippen molar-refractivity contribution >= 4 is 5.82 Å². The number of nitrogen functional groups attached to an aromatic ring is 1. The van der Waals surface area contributed by atoms with Gasteiger partial charge in [-0.1, -0.05) is 11.6 Å². The second kappa shape index (κ2) is 7.36. The second-order valence-electron chi connectivity index (χ2n) is 8.69. The van der Waals surface area contributed by atoms with Crippen LogP contribution in [0.2, 0.25) is 0 Å². The van der Waals surface area contributed by atoms with Crippen LogP contribution in [0.4, 0.5) is 10.2 Å². The number of ether oxygens (including phenoxy) is 1. The molecule has 4 heterocycles. The summed E-state index contributed by atoms with van der Waals surface area (Å²) in [7, 11) is 1.77. The minimum Gasteiger partial charge on any atom is -0.482 e. The van der Waals surface area contributed by atoms with Gasteiger partial charge in [0, 0.05) is 35.9 Å². The lowest BCUT2D eigenvalue weighted by atomic mass is 9.81. The van der Waals surface area contributed by atoms with Crippen molar-refractivity contribution in [1.29, 1.82) is 0 Å². The molecule has 0 unspecified atom stereocenters. The first-order valence-electron chi connectivity index (χ1n) is 11.0. The van der Waals surface area contributed by atoms with E-state index in [4.69, 9.17) is 10.5 Å². The smallest absolute Gasteiger partial charge is 0.166 e. The van der Waals surface area contributed by atoms with Crippen molar-refractivity contribution in [2.75, 3.05) is 5.73 Å². The molecule has 33 heavy (non-hydrogen) atoms. The first-order valence-corrected chi connectivity index (χ1v) is 11.0. The minimum atomic E-state index is -0.501. The molecule has 0 spiro atoms. The van der Waals surface area contributed by atoms with Gasteiger partial charge in [-0.05, 0) is 44.0 Å². The van der Waals surface area contributed by atoms with Crippen LogP contribution in [-0.2, 0) is 13.6 Å². The Morgan fingerprint density at radius 2 is 2.03 bits per heavy atom. The fourth-order valence-electron chi connectivity index (χ4n) is 4.61. The highest BCUT2D eigenvalue weighted by molar-refractivity contribution is 5.69. The van der Waals surface area contributed by atoms with Crippen molar-refractivity contribution in [2.24, 2.45) is 7.05 Å². The Kier molecular flexibility index (Phi) is 4.42. The van der Waals surface area contributed by atoms with Crippen LogP contribution < -0.4 is 10.5 Å². The van der Waals surface area contributed by atoms with Gasteiger partial charge in [0.2, 0.25) is 0 Å². The predicted octanol–water partition coefficient (Wildman–Crippen LogP) is 3.63. The number of fused-ring (bicyclic) bond motifs is 7. The van der Waals surface area contributed by atoms with Gasteiger partial charge in [-0.2, -0.15) is 15.0 Å². The van der Waals surface area contributed by atoms with E-state index < -0.39 is 6.10 Å². The number of pyridine rings is 1. The molecule has 6 rings (SSSR count). The highest BCUT2D eigenvalue weighted by Gasteiger charge is 2.30. The van der Waals surface area contributed by atoms with Crippen LogP contribution in [0.25, 0.3) is 22.5 Å². The Hall–Kier alpha value is -3.82. The summed E-state index contributed by atoms with van der Waals surface area (Å²) in [5.74, 6) is 0.713. The molecule has 2 aliphatic rings. The monoisotopic (exact) mass is 446 g/mol. The SMILES string of the molecule is C[C@H]1Oc2cc(cnc2N)-c2c(C3CCC3)nnn2Cc2nn(C)nc2-c2ccc(F)cc21. The van der Waals surface area contributed by atoms with E-state index in [2.05, 4.69) is 25.5 Å². The molecule has 1 atom stereocenters. The molecule has 168 valence electrons. The first-order chi connectivity index (χ1) is 16.0. The Morgan fingerprint density at radius 1 is 1.18 bits per heavy atom. The van der Waals surface area contributed by atoms with Crippen molar-refractivity contribution in [3.63, 3.8) is 0 Å². The molecule has 0 radical (unpaired) electrons. The molecule has 4 aromatic rings. The molecule has 1 saturated carbocycles. The Bertz CT molecular complexity index is 1370. The summed E-state index contributed by atoms with van der Waals surface area (Å²) in [6.45, 7) is 2.22. The third kappa shape index (κ3) is 3.24. The Balaban J connectivity index is 1.62. The van der Waals surface area contributed by atoms with Gasteiger partial charge >= 0.3 is 0 Å². The van der Waals surface area contributed by atoms with Crippen molar-refractivity contribution in [2.45, 2.75) is 44.8 Å². The molecular weight excluding hydrogens is 423 g/mol. The highest BCUT2D eigenvalue weighted by Crippen LogP contribution is 2.42. The summed E-state index contributed by atoms with van der Waals surface area (Å²) < 4.78 is 22.3. The zero-order chi connectivity index (χ0) is 22.7. The van der Waals surface area contributed by atoms with E-state index in [1.165, 1.54) is 23.4 Å². The number of benzene rings is 1. The maximum atomic E-state index is 14.3. The molecule has 0 amide bonds. The maximum absolute atomic E-state index is 14.3. The molecule has 1 aliphatic heterocycles. The molecule has 1 fully saturated rings. The fraction of sp³-hybridized carbons (Fsp3) is 0.348. The van der Waals surface area contributed by atoms with Crippen LogP contribution in [0.1, 0.15) is 55.2 Å². The highest BCUT2D eigenvalue weighted by atomic mass is 19.1. The summed E-state index contributed by atoms with van der Waals surface area (Å²) in [5, 5.41) is 18.2. The lowest BCUT2D eigenvalue weighted by molar-refractivity contribution is 0.227.